The molecule has 0 aromatic heterocycles. The van der Waals surface area contributed by atoms with E-state index < -0.39 is 0 Å². The van der Waals surface area contributed by atoms with Crippen molar-refractivity contribution < 1.29 is 0 Å². The topological polar surface area (TPSA) is 0 Å². The molecule has 0 bridgehead atoms. The lowest BCUT2D eigenvalue weighted by atomic mass is 10.1. The average Bonchev–Trinajstić information content (AvgIpc) is 2.50. The summed E-state index contributed by atoms with van der Waals surface area (Å²) in [4.78, 5) is 0. The molecule has 0 aliphatic carbocycles. The normalized spacial score (nSPS) is 11.5. The monoisotopic (exact) mass is 518 g/mol. The van der Waals surface area contributed by atoms with Crippen LogP contribution in [0.3, 0.4) is 0 Å². The standard InChI is InChI=1S/C19H36I2/c20-18-16-14-12-10-8-6-4-2-1-3-5-7-9-11-13-15-17-19-21/h1-2H,3-19H2. The maximum atomic E-state index is 2.48. The predicted octanol–water partition coefficient (Wildman–Crippen LogP) is 8.26. The molecule has 2 heteroatoms. The Labute approximate surface area is 161 Å². The summed E-state index contributed by atoms with van der Waals surface area (Å²) in [5.74, 6) is 0. The molecule has 0 saturated carbocycles. The lowest BCUT2D eigenvalue weighted by Gasteiger charge is -2.00. The van der Waals surface area contributed by atoms with Crippen molar-refractivity contribution in [2.75, 3.05) is 8.86 Å². The van der Waals surface area contributed by atoms with E-state index in [4.69, 9.17) is 0 Å². The maximum absolute atomic E-state index is 2.48. The van der Waals surface area contributed by atoms with E-state index in [-0.39, 0.29) is 0 Å². The van der Waals surface area contributed by atoms with E-state index >= 15 is 0 Å². The molecule has 0 radical (unpaired) electrons. The van der Waals surface area contributed by atoms with E-state index in [1.807, 2.05) is 0 Å². The van der Waals surface area contributed by atoms with Gasteiger partial charge in [0.15, 0.2) is 0 Å². The van der Waals surface area contributed by atoms with Crippen LogP contribution in [0, 0.1) is 0 Å². The summed E-state index contributed by atoms with van der Waals surface area (Å²) in [6, 6.07) is 0. The molecule has 0 heterocycles. The summed E-state index contributed by atoms with van der Waals surface area (Å²) in [7, 11) is 0. The Morgan fingerprint density at radius 1 is 0.381 bits per heavy atom. The minimum Gasteiger partial charge on any atom is -0.0885 e. The first-order valence-electron chi connectivity index (χ1n) is 9.18. The molecule has 0 unspecified atom stereocenters. The summed E-state index contributed by atoms with van der Waals surface area (Å²) in [5.41, 5.74) is 0. The van der Waals surface area contributed by atoms with Crippen LogP contribution in [0.25, 0.3) is 0 Å². The van der Waals surface area contributed by atoms with Gasteiger partial charge in [0.05, 0.1) is 0 Å². The summed E-state index contributed by atoms with van der Waals surface area (Å²) < 4.78 is 2.67. The van der Waals surface area contributed by atoms with Crippen molar-refractivity contribution in [2.45, 2.75) is 96.3 Å². The van der Waals surface area contributed by atoms with Crippen molar-refractivity contribution in [1.82, 2.24) is 0 Å². The van der Waals surface area contributed by atoms with Gasteiger partial charge >= 0.3 is 0 Å². The van der Waals surface area contributed by atoms with Crippen molar-refractivity contribution in [2.24, 2.45) is 0 Å². The average molecular weight is 518 g/mol. The van der Waals surface area contributed by atoms with Gasteiger partial charge in [0.1, 0.15) is 0 Å². The van der Waals surface area contributed by atoms with Crippen molar-refractivity contribution in [1.29, 1.82) is 0 Å². The van der Waals surface area contributed by atoms with Gasteiger partial charge in [-0.05, 0) is 47.4 Å². The molecule has 126 valence electrons. The van der Waals surface area contributed by atoms with Crippen LogP contribution < -0.4 is 0 Å². The number of unbranched alkanes of at least 4 members (excludes halogenated alkanes) is 13. The second kappa shape index (κ2) is 21.2. The fourth-order valence-electron chi connectivity index (χ4n) is 2.54. The summed E-state index contributed by atoms with van der Waals surface area (Å²) in [5, 5.41) is 0. The van der Waals surface area contributed by atoms with Gasteiger partial charge in [0.2, 0.25) is 0 Å². The smallest absolute Gasteiger partial charge is 0.000473 e. The molecule has 0 nitrogen and oxygen atoms in total. The quantitative estimate of drug-likeness (QED) is 0.0787. The predicted molar refractivity (Wildman–Crippen MR) is 116 cm³/mol. The van der Waals surface area contributed by atoms with Gasteiger partial charge in [-0.25, -0.2) is 0 Å². The SMILES string of the molecule is ICCCCCCCCC=CCCCCCCCCCI. The molecule has 0 fully saturated rings. The minimum atomic E-state index is 1.31. The minimum absolute atomic E-state index is 1.31. The van der Waals surface area contributed by atoms with E-state index in [0.717, 1.165) is 0 Å². The Morgan fingerprint density at radius 2 is 0.667 bits per heavy atom. The molecule has 0 spiro atoms. The molecular formula is C19H36I2. The van der Waals surface area contributed by atoms with E-state index in [0.29, 0.717) is 0 Å². The van der Waals surface area contributed by atoms with Gasteiger partial charge < -0.3 is 0 Å². The van der Waals surface area contributed by atoms with Gasteiger partial charge in [0, 0.05) is 0 Å². The van der Waals surface area contributed by atoms with Crippen LogP contribution in [0.1, 0.15) is 96.3 Å². The van der Waals surface area contributed by atoms with Crippen LogP contribution in [0.4, 0.5) is 0 Å². The summed E-state index contributed by atoms with van der Waals surface area (Å²) in [6.07, 6.45) is 26.1. The third-order valence-electron chi connectivity index (χ3n) is 3.93. The molecule has 0 amide bonds. The Bertz CT molecular complexity index is 202. The highest BCUT2D eigenvalue weighted by Crippen LogP contribution is 2.11. The van der Waals surface area contributed by atoms with Crippen molar-refractivity contribution in [3.63, 3.8) is 0 Å². The van der Waals surface area contributed by atoms with Gasteiger partial charge in [-0.3, -0.25) is 0 Å². The molecule has 0 aliphatic rings. The highest BCUT2D eigenvalue weighted by molar-refractivity contribution is 14.1. The number of allylic oxidation sites excluding steroid dienone is 2. The molecule has 0 aliphatic heterocycles. The summed E-state index contributed by atoms with van der Waals surface area (Å²) in [6.45, 7) is 0. The van der Waals surface area contributed by atoms with E-state index in [9.17, 15) is 0 Å². The molecule has 21 heavy (non-hydrogen) atoms. The second-order valence-corrected chi connectivity index (χ2v) is 8.18. The van der Waals surface area contributed by atoms with Crippen LogP contribution in [0.5, 0.6) is 0 Å². The first-order chi connectivity index (χ1) is 10.4. The van der Waals surface area contributed by atoms with Crippen LogP contribution in [0.15, 0.2) is 12.2 Å². The zero-order valence-corrected chi connectivity index (χ0v) is 18.2. The maximum Gasteiger partial charge on any atom is -0.000473 e. The first-order valence-corrected chi connectivity index (χ1v) is 12.2. The van der Waals surface area contributed by atoms with E-state index in [2.05, 4.69) is 57.3 Å². The lowest BCUT2D eigenvalue weighted by molar-refractivity contribution is 0.593. The van der Waals surface area contributed by atoms with Gasteiger partial charge in [0.25, 0.3) is 0 Å². The fraction of sp³-hybridized carbons (Fsp3) is 0.895. The molecule has 0 atom stereocenters. The first kappa shape index (κ1) is 22.2. The molecule has 0 N–H and O–H groups in total. The van der Waals surface area contributed by atoms with Gasteiger partial charge in [-0.2, -0.15) is 0 Å². The molecular weight excluding hydrogens is 482 g/mol. The van der Waals surface area contributed by atoms with Gasteiger partial charge in [-0.15, -0.1) is 0 Å². The zero-order valence-electron chi connectivity index (χ0n) is 13.9. The van der Waals surface area contributed by atoms with Crippen molar-refractivity contribution >= 4 is 45.2 Å². The van der Waals surface area contributed by atoms with Crippen LogP contribution in [-0.4, -0.2) is 8.86 Å². The van der Waals surface area contributed by atoms with E-state index in [1.165, 1.54) is 105 Å². The Balaban J connectivity index is 3.02. The summed E-state index contributed by atoms with van der Waals surface area (Å²) >= 11 is 4.96. The van der Waals surface area contributed by atoms with Crippen molar-refractivity contribution in [3.8, 4) is 0 Å². The third-order valence-corrected chi connectivity index (χ3v) is 5.45. The zero-order chi connectivity index (χ0) is 15.4. The number of rotatable bonds is 17. The van der Waals surface area contributed by atoms with Crippen LogP contribution >= 0.6 is 45.2 Å². The molecule has 0 rings (SSSR count). The molecule has 0 saturated heterocycles. The number of hydrogen-bond donors (Lipinski definition) is 0. The number of hydrogen-bond acceptors (Lipinski definition) is 0. The molecule has 0 aromatic rings. The van der Waals surface area contributed by atoms with Crippen molar-refractivity contribution in [3.05, 3.63) is 12.2 Å². The van der Waals surface area contributed by atoms with Crippen LogP contribution in [-0.2, 0) is 0 Å². The number of alkyl halides is 2. The highest BCUT2D eigenvalue weighted by atomic mass is 127. The Morgan fingerprint density at radius 3 is 1.00 bits per heavy atom. The lowest BCUT2D eigenvalue weighted by Crippen LogP contribution is -1.81. The third kappa shape index (κ3) is 21.2. The molecule has 0 aromatic carbocycles. The second-order valence-electron chi connectivity index (χ2n) is 6.02. The highest BCUT2D eigenvalue weighted by Gasteiger charge is 1.91. The Kier molecular flexibility index (Phi) is 22.4. The Hall–Kier alpha value is 1.20. The van der Waals surface area contributed by atoms with Gasteiger partial charge in [-0.1, -0.05) is 115 Å². The number of halogens is 2. The van der Waals surface area contributed by atoms with E-state index in [1.54, 1.807) is 0 Å². The fourth-order valence-corrected chi connectivity index (χ4v) is 3.62. The van der Waals surface area contributed by atoms with Crippen LogP contribution in [0.2, 0.25) is 0 Å². The largest absolute Gasteiger partial charge is 0.0885 e.